The van der Waals surface area contributed by atoms with E-state index in [9.17, 15) is 9.90 Å². The topological polar surface area (TPSA) is 68.0 Å². The lowest BCUT2D eigenvalue weighted by atomic mass is 9.79. The van der Waals surface area contributed by atoms with E-state index in [1.165, 1.54) is 0 Å². The first-order chi connectivity index (χ1) is 8.49. The lowest BCUT2D eigenvalue weighted by Crippen LogP contribution is -2.33. The van der Waals surface area contributed by atoms with Crippen LogP contribution in [0.2, 0.25) is 0 Å². The van der Waals surface area contributed by atoms with Gasteiger partial charge in [0.1, 0.15) is 5.82 Å². The van der Waals surface area contributed by atoms with E-state index in [2.05, 4.69) is 17.0 Å². The quantitative estimate of drug-likeness (QED) is 0.809. The number of aromatic nitrogens is 3. The van der Waals surface area contributed by atoms with Crippen LogP contribution in [-0.4, -0.2) is 25.8 Å². The van der Waals surface area contributed by atoms with Gasteiger partial charge in [-0.25, -0.2) is 4.98 Å². The van der Waals surface area contributed by atoms with E-state index >= 15 is 0 Å². The molecule has 5 nitrogen and oxygen atoms in total. The molecule has 0 aliphatic heterocycles. The molecule has 0 amide bonds. The molecular formula is C13H23N3O2. The van der Waals surface area contributed by atoms with Crippen molar-refractivity contribution in [1.82, 2.24) is 14.8 Å². The molecule has 0 aliphatic carbocycles. The van der Waals surface area contributed by atoms with Gasteiger partial charge in [0.05, 0.1) is 5.41 Å². The molecule has 0 saturated heterocycles. The number of carbonyl (C=O) groups is 1. The molecule has 1 rings (SSSR count). The van der Waals surface area contributed by atoms with Gasteiger partial charge in [0.2, 0.25) is 0 Å². The van der Waals surface area contributed by atoms with Crippen LogP contribution < -0.4 is 0 Å². The number of carboxylic acids is 1. The van der Waals surface area contributed by atoms with E-state index in [1.807, 2.05) is 20.9 Å². The van der Waals surface area contributed by atoms with Crippen molar-refractivity contribution in [3.05, 3.63) is 11.6 Å². The molecule has 5 heteroatoms. The maximum atomic E-state index is 11.5. The molecular weight excluding hydrogens is 230 g/mol. The lowest BCUT2D eigenvalue weighted by molar-refractivity contribution is -0.149. The zero-order valence-electron chi connectivity index (χ0n) is 11.7. The Bertz CT molecular complexity index is 408. The molecule has 0 atom stereocenters. The van der Waals surface area contributed by atoms with Crippen LogP contribution in [-0.2, 0) is 24.7 Å². The highest BCUT2D eigenvalue weighted by molar-refractivity contribution is 5.74. The third-order valence-corrected chi connectivity index (χ3v) is 3.67. The van der Waals surface area contributed by atoms with E-state index in [-0.39, 0.29) is 0 Å². The average molecular weight is 253 g/mol. The predicted molar refractivity (Wildman–Crippen MR) is 69.4 cm³/mol. The summed E-state index contributed by atoms with van der Waals surface area (Å²) in [5.41, 5.74) is -0.718. The van der Waals surface area contributed by atoms with Crippen molar-refractivity contribution in [2.24, 2.45) is 12.5 Å². The van der Waals surface area contributed by atoms with Crippen LogP contribution in [0.25, 0.3) is 0 Å². The van der Waals surface area contributed by atoms with Gasteiger partial charge in [0.25, 0.3) is 0 Å². The summed E-state index contributed by atoms with van der Waals surface area (Å²) in [6, 6.07) is 0. The summed E-state index contributed by atoms with van der Waals surface area (Å²) in [4.78, 5) is 15.9. The van der Waals surface area contributed by atoms with Crippen molar-refractivity contribution in [1.29, 1.82) is 0 Å². The van der Waals surface area contributed by atoms with E-state index in [1.54, 1.807) is 4.68 Å². The van der Waals surface area contributed by atoms with Crippen molar-refractivity contribution in [3.8, 4) is 0 Å². The Morgan fingerprint density at radius 2 is 1.94 bits per heavy atom. The molecule has 1 heterocycles. The highest BCUT2D eigenvalue weighted by Crippen LogP contribution is 2.30. The monoisotopic (exact) mass is 253 g/mol. The number of rotatable bonds is 7. The van der Waals surface area contributed by atoms with Crippen molar-refractivity contribution in [2.45, 2.75) is 52.9 Å². The average Bonchev–Trinajstić information content (AvgIpc) is 2.66. The first-order valence-corrected chi connectivity index (χ1v) is 6.61. The summed E-state index contributed by atoms with van der Waals surface area (Å²) in [5, 5.41) is 13.8. The van der Waals surface area contributed by atoms with Gasteiger partial charge in [-0.2, -0.15) is 5.10 Å². The second-order valence-electron chi connectivity index (χ2n) is 4.79. The van der Waals surface area contributed by atoms with Crippen LogP contribution in [0.15, 0.2) is 0 Å². The van der Waals surface area contributed by atoms with E-state index < -0.39 is 11.4 Å². The van der Waals surface area contributed by atoms with Crippen molar-refractivity contribution in [3.63, 3.8) is 0 Å². The third kappa shape index (κ3) is 2.89. The summed E-state index contributed by atoms with van der Waals surface area (Å²) in [5.74, 6) is 0.832. The van der Waals surface area contributed by atoms with Crippen LogP contribution in [0, 0.1) is 5.41 Å². The number of aliphatic carboxylic acids is 1. The zero-order chi connectivity index (χ0) is 13.8. The molecule has 0 fully saturated rings. The van der Waals surface area contributed by atoms with Crippen molar-refractivity contribution in [2.75, 3.05) is 0 Å². The normalized spacial score (nSPS) is 11.8. The van der Waals surface area contributed by atoms with Gasteiger partial charge in [-0.3, -0.25) is 9.48 Å². The number of nitrogens with zero attached hydrogens (tertiary/aromatic N) is 3. The minimum atomic E-state index is -0.743. The minimum Gasteiger partial charge on any atom is -0.481 e. The van der Waals surface area contributed by atoms with Crippen LogP contribution in [0.5, 0.6) is 0 Å². The van der Waals surface area contributed by atoms with Crippen molar-refractivity contribution < 1.29 is 9.90 Å². The molecule has 0 aliphatic rings. The number of hydrogen-bond donors (Lipinski definition) is 1. The zero-order valence-corrected chi connectivity index (χ0v) is 11.7. The smallest absolute Gasteiger partial charge is 0.310 e. The van der Waals surface area contributed by atoms with Crippen molar-refractivity contribution >= 4 is 5.97 Å². The SMILES string of the molecule is CCCc1nc(CC(CC)(CC)C(=O)O)n(C)n1. The molecule has 0 saturated carbocycles. The van der Waals surface area contributed by atoms with Gasteiger partial charge < -0.3 is 5.11 Å². The van der Waals surface area contributed by atoms with E-state index in [4.69, 9.17) is 0 Å². The molecule has 1 N–H and O–H groups in total. The molecule has 18 heavy (non-hydrogen) atoms. The Kier molecular flexibility index (Phi) is 4.87. The van der Waals surface area contributed by atoms with Gasteiger partial charge >= 0.3 is 5.97 Å². The molecule has 0 spiro atoms. The fourth-order valence-electron chi connectivity index (χ4n) is 2.14. The Hall–Kier alpha value is -1.39. The van der Waals surface area contributed by atoms with E-state index in [0.717, 1.165) is 24.5 Å². The Labute approximate surface area is 108 Å². The highest BCUT2D eigenvalue weighted by atomic mass is 16.4. The first-order valence-electron chi connectivity index (χ1n) is 6.61. The Morgan fingerprint density at radius 3 is 2.39 bits per heavy atom. The Balaban J connectivity index is 2.97. The maximum Gasteiger partial charge on any atom is 0.310 e. The second-order valence-corrected chi connectivity index (χ2v) is 4.79. The molecule has 102 valence electrons. The molecule has 0 radical (unpaired) electrons. The minimum absolute atomic E-state index is 0.447. The Morgan fingerprint density at radius 1 is 1.33 bits per heavy atom. The summed E-state index contributed by atoms with van der Waals surface area (Å²) < 4.78 is 1.72. The maximum absolute atomic E-state index is 11.5. The molecule has 1 aromatic heterocycles. The summed E-state index contributed by atoms with van der Waals surface area (Å²) in [7, 11) is 1.83. The van der Waals surface area contributed by atoms with Crippen LogP contribution in [0.4, 0.5) is 0 Å². The number of aryl methyl sites for hydroxylation is 2. The van der Waals surface area contributed by atoms with Gasteiger partial charge in [0.15, 0.2) is 5.82 Å². The summed E-state index contributed by atoms with van der Waals surface area (Å²) >= 11 is 0. The molecule has 1 aromatic rings. The first kappa shape index (κ1) is 14.7. The van der Waals surface area contributed by atoms with Gasteiger partial charge in [0, 0.05) is 19.9 Å². The second kappa shape index (κ2) is 5.98. The van der Waals surface area contributed by atoms with Crippen LogP contribution >= 0.6 is 0 Å². The largest absolute Gasteiger partial charge is 0.481 e. The molecule has 0 bridgehead atoms. The fourth-order valence-corrected chi connectivity index (χ4v) is 2.14. The molecule has 0 unspecified atom stereocenters. The standard InChI is InChI=1S/C13H23N3O2/c1-5-8-10-14-11(16(4)15-10)9-13(6-2,7-3)12(17)18/h5-9H2,1-4H3,(H,17,18). The van der Waals surface area contributed by atoms with Crippen LogP contribution in [0.3, 0.4) is 0 Å². The fraction of sp³-hybridized carbons (Fsp3) is 0.769. The van der Waals surface area contributed by atoms with E-state index in [0.29, 0.717) is 19.3 Å². The molecule has 0 aromatic carbocycles. The van der Waals surface area contributed by atoms with Gasteiger partial charge in [-0.15, -0.1) is 0 Å². The lowest BCUT2D eigenvalue weighted by Gasteiger charge is -2.25. The summed E-state index contributed by atoms with van der Waals surface area (Å²) in [6.07, 6.45) is 3.49. The van der Waals surface area contributed by atoms with Gasteiger partial charge in [-0.05, 0) is 19.3 Å². The van der Waals surface area contributed by atoms with Gasteiger partial charge in [-0.1, -0.05) is 20.8 Å². The third-order valence-electron chi connectivity index (χ3n) is 3.67. The highest BCUT2D eigenvalue weighted by Gasteiger charge is 2.36. The number of carboxylic acid groups (broad SMARTS) is 1. The number of hydrogen-bond acceptors (Lipinski definition) is 3. The summed E-state index contributed by atoms with van der Waals surface area (Å²) in [6.45, 7) is 5.91. The predicted octanol–water partition coefficient (Wildman–Crippen LogP) is 2.20. The van der Waals surface area contributed by atoms with Crippen LogP contribution in [0.1, 0.15) is 51.7 Å².